The van der Waals surface area contributed by atoms with E-state index in [2.05, 4.69) is 19.1 Å². The maximum Gasteiger partial charge on any atom is 0.220 e. The number of allylic oxidation sites excluding steroid dienone is 2. The van der Waals surface area contributed by atoms with Gasteiger partial charge in [-0.05, 0) is 38.5 Å². The SMILES string of the molecule is CCCCCC/C=C\CCCCCCC(CC)C(N)=O. The molecule has 2 nitrogen and oxygen atoms in total. The highest BCUT2D eigenvalue weighted by molar-refractivity contribution is 5.76. The first-order chi connectivity index (χ1) is 9.72. The Labute approximate surface area is 126 Å². The van der Waals surface area contributed by atoms with Crippen LogP contribution in [0.5, 0.6) is 0 Å². The summed E-state index contributed by atoms with van der Waals surface area (Å²) < 4.78 is 0. The molecule has 0 aromatic rings. The summed E-state index contributed by atoms with van der Waals surface area (Å²) in [6, 6.07) is 0. The van der Waals surface area contributed by atoms with Gasteiger partial charge in [-0.1, -0.05) is 64.5 Å². The van der Waals surface area contributed by atoms with Crippen LogP contribution in [0.1, 0.15) is 90.9 Å². The lowest BCUT2D eigenvalue weighted by molar-refractivity contribution is -0.122. The Kier molecular flexibility index (Phi) is 14.0. The minimum absolute atomic E-state index is 0.0954. The molecule has 2 heteroatoms. The first-order valence-electron chi connectivity index (χ1n) is 8.66. The standard InChI is InChI=1S/C18H35NO/c1-3-5-6-7-8-9-10-11-12-13-14-15-16-17(4-2)18(19)20/h9-10,17H,3-8,11-16H2,1-2H3,(H2,19,20)/b10-9-. The third-order valence-electron chi connectivity index (χ3n) is 3.96. The number of hydrogen-bond donors (Lipinski definition) is 1. The van der Waals surface area contributed by atoms with Gasteiger partial charge in [-0.3, -0.25) is 4.79 Å². The van der Waals surface area contributed by atoms with Crippen molar-refractivity contribution in [2.45, 2.75) is 90.9 Å². The van der Waals surface area contributed by atoms with Gasteiger partial charge in [0.15, 0.2) is 0 Å². The van der Waals surface area contributed by atoms with Crippen LogP contribution < -0.4 is 5.73 Å². The molecule has 0 saturated carbocycles. The summed E-state index contributed by atoms with van der Waals surface area (Å²) in [6.45, 7) is 4.29. The zero-order chi connectivity index (χ0) is 15.1. The summed E-state index contributed by atoms with van der Waals surface area (Å²) in [5, 5.41) is 0. The molecule has 0 radical (unpaired) electrons. The Balaban J connectivity index is 3.27. The molecule has 0 heterocycles. The van der Waals surface area contributed by atoms with Crippen LogP contribution in [-0.2, 0) is 4.79 Å². The van der Waals surface area contributed by atoms with E-state index in [-0.39, 0.29) is 11.8 Å². The fourth-order valence-corrected chi connectivity index (χ4v) is 2.48. The van der Waals surface area contributed by atoms with Crippen LogP contribution in [0.3, 0.4) is 0 Å². The molecule has 20 heavy (non-hydrogen) atoms. The van der Waals surface area contributed by atoms with Crippen molar-refractivity contribution < 1.29 is 4.79 Å². The molecule has 0 aromatic heterocycles. The van der Waals surface area contributed by atoms with Crippen LogP contribution in [0.15, 0.2) is 12.2 Å². The number of hydrogen-bond acceptors (Lipinski definition) is 1. The number of carbonyl (C=O) groups excluding carboxylic acids is 1. The number of carbonyl (C=O) groups is 1. The van der Waals surface area contributed by atoms with Gasteiger partial charge in [0, 0.05) is 5.92 Å². The molecular weight excluding hydrogens is 246 g/mol. The van der Waals surface area contributed by atoms with Crippen LogP contribution >= 0.6 is 0 Å². The molecule has 118 valence electrons. The Morgan fingerprint density at radius 2 is 1.45 bits per heavy atom. The Bertz CT molecular complexity index is 248. The van der Waals surface area contributed by atoms with E-state index in [1.165, 1.54) is 57.8 Å². The molecular formula is C18H35NO. The molecule has 0 aliphatic rings. The number of primary amides is 1. The summed E-state index contributed by atoms with van der Waals surface area (Å²) >= 11 is 0. The molecule has 0 fully saturated rings. The summed E-state index contributed by atoms with van der Waals surface area (Å²) in [7, 11) is 0. The van der Waals surface area contributed by atoms with Crippen molar-refractivity contribution >= 4 is 5.91 Å². The third-order valence-corrected chi connectivity index (χ3v) is 3.96. The quantitative estimate of drug-likeness (QED) is 0.338. The van der Waals surface area contributed by atoms with Crippen molar-refractivity contribution in [2.24, 2.45) is 11.7 Å². The van der Waals surface area contributed by atoms with Gasteiger partial charge < -0.3 is 5.73 Å². The third kappa shape index (κ3) is 12.3. The minimum atomic E-state index is -0.126. The van der Waals surface area contributed by atoms with Gasteiger partial charge in [0.25, 0.3) is 0 Å². The number of amides is 1. The lowest BCUT2D eigenvalue weighted by Crippen LogP contribution is -2.22. The van der Waals surface area contributed by atoms with E-state index >= 15 is 0 Å². The molecule has 0 aromatic carbocycles. The lowest BCUT2D eigenvalue weighted by Gasteiger charge is -2.09. The normalized spacial score (nSPS) is 12.9. The molecule has 0 bridgehead atoms. The summed E-state index contributed by atoms with van der Waals surface area (Å²) in [4.78, 5) is 11.1. The molecule has 2 N–H and O–H groups in total. The molecule has 0 aliphatic heterocycles. The Hall–Kier alpha value is -0.790. The van der Waals surface area contributed by atoms with E-state index in [9.17, 15) is 4.79 Å². The summed E-state index contributed by atoms with van der Waals surface area (Å²) in [5.74, 6) is -0.0310. The van der Waals surface area contributed by atoms with E-state index in [1.54, 1.807) is 0 Å². The average molecular weight is 281 g/mol. The summed E-state index contributed by atoms with van der Waals surface area (Å²) in [6.07, 6.45) is 19.3. The second kappa shape index (κ2) is 14.6. The average Bonchev–Trinajstić information content (AvgIpc) is 2.43. The van der Waals surface area contributed by atoms with Gasteiger partial charge in [0.2, 0.25) is 5.91 Å². The predicted molar refractivity (Wildman–Crippen MR) is 88.6 cm³/mol. The molecule has 1 atom stereocenters. The number of nitrogens with two attached hydrogens (primary N) is 1. The van der Waals surface area contributed by atoms with Crippen LogP contribution in [0.2, 0.25) is 0 Å². The number of rotatable bonds is 14. The van der Waals surface area contributed by atoms with Gasteiger partial charge >= 0.3 is 0 Å². The zero-order valence-electron chi connectivity index (χ0n) is 13.7. The maximum absolute atomic E-state index is 11.1. The first kappa shape index (κ1) is 19.2. The molecule has 0 rings (SSSR count). The van der Waals surface area contributed by atoms with E-state index in [0.717, 1.165) is 19.3 Å². The molecule has 1 amide bonds. The van der Waals surface area contributed by atoms with Crippen molar-refractivity contribution in [3.8, 4) is 0 Å². The highest BCUT2D eigenvalue weighted by Crippen LogP contribution is 2.14. The molecule has 0 aliphatic carbocycles. The topological polar surface area (TPSA) is 43.1 Å². The second-order valence-corrected chi connectivity index (χ2v) is 5.82. The van der Waals surface area contributed by atoms with Gasteiger partial charge in [-0.15, -0.1) is 0 Å². The van der Waals surface area contributed by atoms with Crippen LogP contribution in [0.25, 0.3) is 0 Å². The van der Waals surface area contributed by atoms with Crippen LogP contribution in [0, 0.1) is 5.92 Å². The van der Waals surface area contributed by atoms with Crippen molar-refractivity contribution in [1.82, 2.24) is 0 Å². The van der Waals surface area contributed by atoms with E-state index < -0.39 is 0 Å². The van der Waals surface area contributed by atoms with Crippen LogP contribution in [0.4, 0.5) is 0 Å². The minimum Gasteiger partial charge on any atom is -0.369 e. The van der Waals surface area contributed by atoms with E-state index in [0.29, 0.717) is 0 Å². The summed E-state index contributed by atoms with van der Waals surface area (Å²) in [5.41, 5.74) is 5.34. The van der Waals surface area contributed by atoms with Crippen molar-refractivity contribution in [3.05, 3.63) is 12.2 Å². The fourth-order valence-electron chi connectivity index (χ4n) is 2.48. The lowest BCUT2D eigenvalue weighted by atomic mass is 9.97. The molecule has 0 saturated heterocycles. The van der Waals surface area contributed by atoms with Gasteiger partial charge in [0.1, 0.15) is 0 Å². The highest BCUT2D eigenvalue weighted by atomic mass is 16.1. The molecule has 0 spiro atoms. The van der Waals surface area contributed by atoms with Crippen molar-refractivity contribution in [1.29, 1.82) is 0 Å². The first-order valence-corrected chi connectivity index (χ1v) is 8.66. The van der Waals surface area contributed by atoms with E-state index in [4.69, 9.17) is 5.73 Å². The number of unbranched alkanes of at least 4 members (excludes halogenated alkanes) is 8. The van der Waals surface area contributed by atoms with Gasteiger partial charge in [-0.25, -0.2) is 0 Å². The second-order valence-electron chi connectivity index (χ2n) is 5.82. The highest BCUT2D eigenvalue weighted by Gasteiger charge is 2.11. The fraction of sp³-hybridized carbons (Fsp3) is 0.833. The van der Waals surface area contributed by atoms with Crippen LogP contribution in [-0.4, -0.2) is 5.91 Å². The van der Waals surface area contributed by atoms with Crippen molar-refractivity contribution in [2.75, 3.05) is 0 Å². The zero-order valence-corrected chi connectivity index (χ0v) is 13.7. The van der Waals surface area contributed by atoms with Gasteiger partial charge in [0.05, 0.1) is 0 Å². The van der Waals surface area contributed by atoms with Gasteiger partial charge in [-0.2, -0.15) is 0 Å². The Morgan fingerprint density at radius 1 is 0.900 bits per heavy atom. The predicted octanol–water partition coefficient (Wildman–Crippen LogP) is 5.37. The maximum atomic E-state index is 11.1. The van der Waals surface area contributed by atoms with E-state index in [1.807, 2.05) is 6.92 Å². The largest absolute Gasteiger partial charge is 0.369 e. The Morgan fingerprint density at radius 3 is 1.95 bits per heavy atom. The molecule has 1 unspecified atom stereocenters. The van der Waals surface area contributed by atoms with Crippen molar-refractivity contribution in [3.63, 3.8) is 0 Å². The smallest absolute Gasteiger partial charge is 0.220 e. The monoisotopic (exact) mass is 281 g/mol.